The number of amides is 3. The molecule has 0 radical (unpaired) electrons. The van der Waals surface area contributed by atoms with Crippen LogP contribution < -0.4 is 16.0 Å². The number of para-hydroxylation sites is 1. The minimum absolute atomic E-state index is 0.0378. The summed E-state index contributed by atoms with van der Waals surface area (Å²) in [4.78, 5) is 36.1. The van der Waals surface area contributed by atoms with E-state index in [1.165, 1.54) is 0 Å². The molecule has 6 heteroatoms. The predicted molar refractivity (Wildman–Crippen MR) is 69.1 cm³/mol. The van der Waals surface area contributed by atoms with Gasteiger partial charge < -0.3 is 16.0 Å². The molecule has 1 aromatic rings. The molecule has 1 heterocycles. The maximum Gasteiger partial charge on any atom is 0.309 e. The van der Waals surface area contributed by atoms with Gasteiger partial charge in [0.1, 0.15) is 6.04 Å². The second-order valence-corrected chi connectivity index (χ2v) is 4.63. The summed E-state index contributed by atoms with van der Waals surface area (Å²) in [6, 6.07) is 6.27. The number of nitrogens with zero attached hydrogens (tertiary/aromatic N) is 1. The Morgan fingerprint density at radius 3 is 2.53 bits per heavy atom. The summed E-state index contributed by atoms with van der Waals surface area (Å²) in [5.74, 6) is -2.32. The first-order valence-electron chi connectivity index (χ1n) is 5.95. The van der Waals surface area contributed by atoms with E-state index in [2.05, 4.69) is 5.32 Å². The second-order valence-electron chi connectivity index (χ2n) is 4.63. The van der Waals surface area contributed by atoms with Gasteiger partial charge in [-0.25, -0.2) is 0 Å². The largest absolute Gasteiger partial charge is 0.361 e. The van der Waals surface area contributed by atoms with E-state index in [1.54, 1.807) is 17.0 Å². The lowest BCUT2D eigenvalue weighted by atomic mass is 10.1. The maximum absolute atomic E-state index is 12.3. The summed E-state index contributed by atoms with van der Waals surface area (Å²) in [6.45, 7) is 3.76. The van der Waals surface area contributed by atoms with E-state index < -0.39 is 17.9 Å². The molecular formula is C13H15N3O3. The smallest absolute Gasteiger partial charge is 0.309 e. The Hall–Kier alpha value is -2.37. The Labute approximate surface area is 110 Å². The highest BCUT2D eigenvalue weighted by Crippen LogP contribution is 2.36. The zero-order valence-electron chi connectivity index (χ0n) is 10.7. The predicted octanol–water partition coefficient (Wildman–Crippen LogP) is 0.0842. The molecule has 1 aromatic carbocycles. The molecule has 3 N–H and O–H groups in total. The van der Waals surface area contributed by atoms with Crippen molar-refractivity contribution in [3.05, 3.63) is 29.8 Å². The minimum Gasteiger partial charge on any atom is -0.361 e. The molecule has 0 saturated carbocycles. The lowest BCUT2D eigenvalue weighted by molar-refractivity contribution is -0.138. The Morgan fingerprint density at radius 2 is 1.95 bits per heavy atom. The van der Waals surface area contributed by atoms with Gasteiger partial charge in [-0.15, -0.1) is 0 Å². The number of rotatable bonds is 2. The van der Waals surface area contributed by atoms with Crippen LogP contribution in [0.15, 0.2) is 24.3 Å². The number of carbonyl (C=O) groups excluding carboxylic acids is 3. The lowest BCUT2D eigenvalue weighted by Crippen LogP contribution is -2.44. The van der Waals surface area contributed by atoms with Crippen LogP contribution in [-0.4, -0.2) is 23.8 Å². The fraction of sp³-hybridized carbons (Fsp3) is 0.308. The number of hydrogen-bond acceptors (Lipinski definition) is 3. The molecule has 3 amide bonds. The molecule has 1 atom stereocenters. The fourth-order valence-corrected chi connectivity index (χ4v) is 2.22. The molecule has 0 aliphatic carbocycles. The molecule has 0 spiro atoms. The maximum atomic E-state index is 12.3. The number of benzene rings is 1. The number of carbonyl (C=O) groups is 3. The van der Waals surface area contributed by atoms with E-state index in [0.717, 1.165) is 5.69 Å². The van der Waals surface area contributed by atoms with E-state index >= 15 is 0 Å². The van der Waals surface area contributed by atoms with Crippen molar-refractivity contribution in [3.8, 4) is 0 Å². The van der Waals surface area contributed by atoms with Crippen molar-refractivity contribution in [2.45, 2.75) is 25.9 Å². The highest BCUT2D eigenvalue weighted by Gasteiger charge is 2.39. The molecule has 1 aliphatic heterocycles. The number of anilines is 1. The number of fused-ring (bicyclic) bond motifs is 1. The average molecular weight is 261 g/mol. The van der Waals surface area contributed by atoms with E-state index in [9.17, 15) is 14.4 Å². The fourth-order valence-electron chi connectivity index (χ4n) is 2.22. The summed E-state index contributed by atoms with van der Waals surface area (Å²) in [7, 11) is 0. The zero-order valence-corrected chi connectivity index (χ0v) is 10.7. The normalized spacial score (nSPS) is 17.5. The van der Waals surface area contributed by atoms with Crippen LogP contribution in [0.25, 0.3) is 0 Å². The van der Waals surface area contributed by atoms with Gasteiger partial charge >= 0.3 is 11.8 Å². The van der Waals surface area contributed by atoms with E-state index in [4.69, 9.17) is 5.73 Å². The molecule has 0 saturated heterocycles. The summed E-state index contributed by atoms with van der Waals surface area (Å²) in [5.41, 5.74) is 6.32. The van der Waals surface area contributed by atoms with Gasteiger partial charge in [0.2, 0.25) is 0 Å². The Balaban J connectivity index is 2.39. The third kappa shape index (κ3) is 2.16. The highest BCUT2D eigenvalue weighted by atomic mass is 16.2. The van der Waals surface area contributed by atoms with Crippen molar-refractivity contribution in [1.29, 1.82) is 0 Å². The third-order valence-corrected chi connectivity index (χ3v) is 3.01. The lowest BCUT2D eigenvalue weighted by Gasteiger charge is -2.22. The Bertz CT molecular complexity index is 554. The van der Waals surface area contributed by atoms with Crippen LogP contribution in [0.4, 0.5) is 5.69 Å². The van der Waals surface area contributed by atoms with Crippen LogP contribution in [0, 0.1) is 0 Å². The number of primary amides is 1. The molecule has 0 aromatic heterocycles. The van der Waals surface area contributed by atoms with Crippen molar-refractivity contribution >= 4 is 23.4 Å². The van der Waals surface area contributed by atoms with Crippen molar-refractivity contribution in [2.24, 2.45) is 5.73 Å². The molecule has 0 bridgehead atoms. The highest BCUT2D eigenvalue weighted by molar-refractivity contribution is 6.35. The van der Waals surface area contributed by atoms with Gasteiger partial charge in [0.25, 0.3) is 5.91 Å². The molecule has 0 fully saturated rings. The Kier molecular flexibility index (Phi) is 3.25. The summed E-state index contributed by atoms with van der Waals surface area (Å²) in [5, 5.41) is 2.36. The first kappa shape index (κ1) is 13.1. The number of hydrogen-bond donors (Lipinski definition) is 2. The van der Waals surface area contributed by atoms with Gasteiger partial charge in [-0.2, -0.15) is 0 Å². The molecule has 100 valence electrons. The average Bonchev–Trinajstić information content (AvgIpc) is 2.62. The number of nitrogens with two attached hydrogens (primary N) is 1. The van der Waals surface area contributed by atoms with Crippen LogP contribution in [0.5, 0.6) is 0 Å². The van der Waals surface area contributed by atoms with Gasteiger partial charge in [0, 0.05) is 17.3 Å². The molecule has 0 unspecified atom stereocenters. The zero-order chi connectivity index (χ0) is 14.2. The van der Waals surface area contributed by atoms with Crippen molar-refractivity contribution in [3.63, 3.8) is 0 Å². The SMILES string of the molecule is CC(C)N1C(=O)[C@@H](NC(=O)C(N)=O)c2ccccc21. The van der Waals surface area contributed by atoms with Crippen molar-refractivity contribution in [2.75, 3.05) is 4.90 Å². The van der Waals surface area contributed by atoms with Gasteiger partial charge in [-0.1, -0.05) is 18.2 Å². The second kappa shape index (κ2) is 4.72. The molecule has 19 heavy (non-hydrogen) atoms. The van der Waals surface area contributed by atoms with Gasteiger partial charge in [0.15, 0.2) is 0 Å². The monoisotopic (exact) mass is 261 g/mol. The molecule has 6 nitrogen and oxygen atoms in total. The van der Waals surface area contributed by atoms with E-state index in [1.807, 2.05) is 26.0 Å². The van der Waals surface area contributed by atoms with Crippen LogP contribution in [-0.2, 0) is 14.4 Å². The van der Waals surface area contributed by atoms with E-state index in [0.29, 0.717) is 5.56 Å². The minimum atomic E-state index is -1.10. The first-order chi connectivity index (χ1) is 8.93. The quantitative estimate of drug-likeness (QED) is 0.739. The molecule has 2 rings (SSSR count). The number of nitrogens with one attached hydrogen (secondary N) is 1. The van der Waals surface area contributed by atoms with Crippen LogP contribution in [0.2, 0.25) is 0 Å². The van der Waals surface area contributed by atoms with Gasteiger partial charge in [-0.05, 0) is 19.9 Å². The van der Waals surface area contributed by atoms with Gasteiger partial charge in [0.05, 0.1) is 0 Å². The van der Waals surface area contributed by atoms with Crippen molar-refractivity contribution < 1.29 is 14.4 Å². The van der Waals surface area contributed by atoms with E-state index in [-0.39, 0.29) is 11.9 Å². The Morgan fingerprint density at radius 1 is 1.32 bits per heavy atom. The molecule has 1 aliphatic rings. The summed E-state index contributed by atoms with van der Waals surface area (Å²) < 4.78 is 0. The molecular weight excluding hydrogens is 246 g/mol. The van der Waals surface area contributed by atoms with Crippen LogP contribution in [0.1, 0.15) is 25.5 Å². The topological polar surface area (TPSA) is 92.5 Å². The van der Waals surface area contributed by atoms with Crippen LogP contribution >= 0.6 is 0 Å². The summed E-state index contributed by atoms with van der Waals surface area (Å²) >= 11 is 0. The van der Waals surface area contributed by atoms with Gasteiger partial charge in [-0.3, -0.25) is 14.4 Å². The van der Waals surface area contributed by atoms with Crippen LogP contribution in [0.3, 0.4) is 0 Å². The first-order valence-corrected chi connectivity index (χ1v) is 5.95. The van der Waals surface area contributed by atoms with Crippen molar-refractivity contribution in [1.82, 2.24) is 5.32 Å². The third-order valence-electron chi connectivity index (χ3n) is 3.01. The standard InChI is InChI=1S/C13H15N3O3/c1-7(2)16-9-6-4-3-5-8(9)10(13(16)19)15-12(18)11(14)17/h3-7,10H,1-2H3,(H2,14,17)(H,15,18)/t10-/m0/s1. The summed E-state index contributed by atoms with van der Waals surface area (Å²) in [6.07, 6.45) is 0.